The predicted molar refractivity (Wildman–Crippen MR) is 210 cm³/mol. The molecule has 0 bridgehead atoms. The number of hydrogen-bond acceptors (Lipinski definition) is 5. The number of unbranched alkanes of at least 4 members (excludes halogenated alkanes) is 8. The Bertz CT molecular complexity index is 568. The van der Waals surface area contributed by atoms with Crippen molar-refractivity contribution in [3.8, 4) is 0 Å². The fraction of sp³-hybridized carbons (Fsp3) is 0.941. The lowest BCUT2D eigenvalue weighted by Gasteiger charge is -2.14. The molecule has 0 unspecified atom stereocenters. The van der Waals surface area contributed by atoms with Gasteiger partial charge in [-0.25, -0.2) is 0 Å². The molecule has 0 aromatic carbocycles. The van der Waals surface area contributed by atoms with Crippen LogP contribution in [0.15, 0.2) is 0 Å². The molecule has 0 atom stereocenters. The van der Waals surface area contributed by atoms with Gasteiger partial charge in [0.25, 0.3) is 0 Å². The van der Waals surface area contributed by atoms with E-state index in [2.05, 4.69) is 91.4 Å². The topological polar surface area (TPSA) is 37.4 Å². The number of carbonyl (C=O) groups is 2. The summed E-state index contributed by atoms with van der Waals surface area (Å²) in [6.07, 6.45) is 15.9. The van der Waals surface area contributed by atoms with Crippen molar-refractivity contribution in [3.63, 3.8) is 0 Å². The van der Waals surface area contributed by atoms with E-state index in [0.29, 0.717) is 11.5 Å². The van der Waals surface area contributed by atoms with Gasteiger partial charge in [0.2, 0.25) is 5.24 Å². The first-order valence-electron chi connectivity index (χ1n) is 17.3. The third kappa shape index (κ3) is 62.2. The van der Waals surface area contributed by atoms with Gasteiger partial charge in [-0.05, 0) is 62.7 Å². The minimum atomic E-state index is -0.894. The van der Waals surface area contributed by atoms with Crippen molar-refractivity contribution >= 4 is 62.5 Å². The zero-order valence-electron chi connectivity index (χ0n) is 30.8. The van der Waals surface area contributed by atoms with E-state index < -0.39 is 16.1 Å². The summed E-state index contributed by atoms with van der Waals surface area (Å²) in [5.41, 5.74) is 0. The van der Waals surface area contributed by atoms with E-state index in [9.17, 15) is 9.59 Å². The van der Waals surface area contributed by atoms with Gasteiger partial charge in [-0.15, -0.1) is 0 Å². The summed E-state index contributed by atoms with van der Waals surface area (Å²) >= 11 is 10.9. The molecule has 0 amide bonds. The van der Waals surface area contributed by atoms with Gasteiger partial charge in [0, 0.05) is 34.7 Å². The van der Waals surface area contributed by atoms with Gasteiger partial charge in [-0.2, -0.15) is 12.6 Å². The molecule has 0 spiro atoms. The number of nitrogens with zero attached hydrogens (tertiary/aromatic N) is 1. The van der Waals surface area contributed by atoms with Crippen molar-refractivity contribution < 1.29 is 14.3 Å². The van der Waals surface area contributed by atoms with Crippen LogP contribution in [-0.4, -0.2) is 62.5 Å². The zero-order valence-corrected chi connectivity index (χ0v) is 35.2. The van der Waals surface area contributed by atoms with Crippen molar-refractivity contribution in [3.05, 3.63) is 0 Å². The van der Waals surface area contributed by atoms with Crippen LogP contribution in [0.25, 0.3) is 0 Å². The van der Waals surface area contributed by atoms with Crippen LogP contribution >= 0.6 is 36.0 Å². The molecule has 0 aliphatic carbocycles. The predicted octanol–water partition coefficient (Wildman–Crippen LogP) is 12.6. The van der Waals surface area contributed by atoms with Crippen LogP contribution in [0.1, 0.15) is 125 Å². The molecule has 0 N–H and O–H groups in total. The Kier molecular flexibility index (Phi) is 48.0. The fourth-order valence-corrected chi connectivity index (χ4v) is 8.01. The van der Waals surface area contributed by atoms with Crippen LogP contribution in [0, 0.1) is 0 Å². The molecule has 3 nitrogen and oxygen atoms in total. The largest absolute Gasteiger partial charge is 0.304 e. The average Bonchev–Trinajstić information content (AvgIpc) is 2.91. The second kappa shape index (κ2) is 38.8. The van der Waals surface area contributed by atoms with Crippen LogP contribution in [-0.2, 0) is 9.59 Å². The van der Waals surface area contributed by atoms with Crippen molar-refractivity contribution in [2.45, 2.75) is 176 Å². The fourth-order valence-electron chi connectivity index (χ4n) is 3.88. The smallest absolute Gasteiger partial charge is 0.221 e. The molecule has 0 aromatic heterocycles. The number of thioether (sulfide) groups is 1. The Hall–Kier alpha value is 0.654. The number of rotatable bonds is 22. The van der Waals surface area contributed by atoms with Gasteiger partial charge in [0.05, 0.1) is 0 Å². The van der Waals surface area contributed by atoms with Crippen LogP contribution in [0.4, 0.5) is 4.70 Å². The van der Waals surface area contributed by atoms with E-state index >= 15 is 0 Å². The van der Waals surface area contributed by atoms with E-state index in [0.717, 1.165) is 37.2 Å². The Morgan fingerprint density at radius 3 is 1.33 bits per heavy atom. The van der Waals surface area contributed by atoms with Crippen LogP contribution in [0.5, 0.6) is 0 Å². The summed E-state index contributed by atoms with van der Waals surface area (Å²) in [5.74, 6) is 2.10. The molecule has 0 heterocycles. The maximum Gasteiger partial charge on any atom is 0.221 e. The van der Waals surface area contributed by atoms with Gasteiger partial charge in [-0.1, -0.05) is 149 Å². The molecule has 0 radical (unpaired) electrons. The van der Waals surface area contributed by atoms with Crippen molar-refractivity contribution in [2.24, 2.45) is 0 Å². The highest BCUT2D eigenvalue weighted by Gasteiger charge is 2.12. The van der Waals surface area contributed by atoms with E-state index in [1.165, 1.54) is 89.5 Å². The number of hydrogen-bond donors (Lipinski definition) is 1. The quantitative estimate of drug-likeness (QED) is 0.0526. The lowest BCUT2D eigenvalue weighted by atomic mass is 10.1. The highest BCUT2D eigenvalue weighted by Crippen LogP contribution is 2.17. The maximum absolute atomic E-state index is 11.6. The normalized spacial score (nSPS) is 10.8. The molecule has 0 rings (SSSR count). The molecule has 0 saturated heterocycles. The van der Waals surface area contributed by atoms with Gasteiger partial charge in [0.1, 0.15) is 0 Å². The second-order valence-electron chi connectivity index (χ2n) is 13.6. The standard InChI is InChI=1S/C14H30OSSi.C8H15ClO.C6H15N.C6H16SSi.FH/c1-5-6-7-8-9-11-14(15)16-12-10-13-17(2,3)4;1-2-3-4-5-6-7-8(9)10;1-4-7(5-2)6-3;1-8(2,3)6-4-5-7;/h5-13H2,1-4H3;2-7H2,1H3;4-6H2,1-3H3;7H,4-6H2,1-3H3;1H. The molecule has 0 fully saturated rings. The van der Waals surface area contributed by atoms with E-state index in [-0.39, 0.29) is 9.95 Å². The molecule has 0 aliphatic heterocycles. The SMILES string of the molecule is CCCCCCCC(=O)Cl.CCCCCCCC(=O)SCCC[Si](C)(C)C.CCN(CC)CC.C[Si](C)(C)CCCS.F. The number of halogens is 2. The van der Waals surface area contributed by atoms with Gasteiger partial charge < -0.3 is 4.90 Å². The molecule has 0 aliphatic rings. The van der Waals surface area contributed by atoms with Crippen molar-refractivity contribution in [2.75, 3.05) is 31.1 Å². The van der Waals surface area contributed by atoms with E-state index in [1.54, 1.807) is 11.8 Å². The first kappa shape index (κ1) is 53.2. The molecule has 43 heavy (non-hydrogen) atoms. The molecule has 9 heteroatoms. The second-order valence-corrected chi connectivity index (χ2v) is 26.8. The third-order valence-corrected chi connectivity index (χ3v) is 12.0. The summed E-state index contributed by atoms with van der Waals surface area (Å²) in [5, 5.41) is 0.216. The summed E-state index contributed by atoms with van der Waals surface area (Å²) in [7, 11) is -1.62. The zero-order chi connectivity index (χ0) is 33.3. The molecule has 0 aromatic rings. The van der Waals surface area contributed by atoms with Gasteiger partial charge in [0.15, 0.2) is 5.12 Å². The molecular formula is C34H77ClFNO2S2Si2. The monoisotopic (exact) mass is 705 g/mol. The molecular weight excluding hydrogens is 629 g/mol. The van der Waals surface area contributed by atoms with Gasteiger partial charge in [-0.3, -0.25) is 14.3 Å². The van der Waals surface area contributed by atoms with Gasteiger partial charge >= 0.3 is 0 Å². The first-order valence-corrected chi connectivity index (χ1v) is 26.7. The van der Waals surface area contributed by atoms with E-state index in [1.807, 2.05) is 0 Å². The highest BCUT2D eigenvalue weighted by atomic mass is 35.5. The molecule has 264 valence electrons. The van der Waals surface area contributed by atoms with Crippen LogP contribution in [0.2, 0.25) is 51.4 Å². The third-order valence-electron chi connectivity index (χ3n) is 6.72. The minimum Gasteiger partial charge on any atom is -0.304 e. The summed E-state index contributed by atoms with van der Waals surface area (Å²) in [6, 6.07) is 2.78. The Morgan fingerprint density at radius 1 is 0.628 bits per heavy atom. The Balaban J connectivity index is -0.000000159. The maximum atomic E-state index is 11.6. The number of carbonyl (C=O) groups excluding carboxylic acids is 2. The van der Waals surface area contributed by atoms with Crippen molar-refractivity contribution in [1.82, 2.24) is 4.90 Å². The average molecular weight is 707 g/mol. The molecule has 0 saturated carbocycles. The van der Waals surface area contributed by atoms with Crippen LogP contribution < -0.4 is 0 Å². The number of thiol groups is 1. The summed E-state index contributed by atoms with van der Waals surface area (Å²) in [6.45, 7) is 28.9. The lowest BCUT2D eigenvalue weighted by molar-refractivity contribution is -0.112. The summed E-state index contributed by atoms with van der Waals surface area (Å²) in [4.78, 5) is 24.2. The summed E-state index contributed by atoms with van der Waals surface area (Å²) < 4.78 is 0. The Morgan fingerprint density at radius 2 is 1.02 bits per heavy atom. The minimum absolute atomic E-state index is 0. The Labute approximate surface area is 287 Å². The lowest BCUT2D eigenvalue weighted by Crippen LogP contribution is -2.21. The van der Waals surface area contributed by atoms with Crippen LogP contribution in [0.3, 0.4) is 0 Å². The highest BCUT2D eigenvalue weighted by molar-refractivity contribution is 8.13. The van der Waals surface area contributed by atoms with E-state index in [4.69, 9.17) is 11.6 Å². The van der Waals surface area contributed by atoms with Crippen molar-refractivity contribution in [1.29, 1.82) is 0 Å². The first-order chi connectivity index (χ1) is 19.6.